The fourth-order valence-corrected chi connectivity index (χ4v) is 11.7. The van der Waals surface area contributed by atoms with Gasteiger partial charge in [-0.2, -0.15) is 0 Å². The lowest BCUT2D eigenvalue weighted by atomic mass is 9.79. The summed E-state index contributed by atoms with van der Waals surface area (Å²) in [6, 6.07) is 55.9. The minimum Gasteiger partial charge on any atom is -0.351 e. The molecule has 0 bridgehead atoms. The molecule has 2 aliphatic carbocycles. The Hall–Kier alpha value is -6.40. The minimum atomic E-state index is -0.227. The Labute approximate surface area is 343 Å². The SMILES string of the molecule is CC12C=CC=CC1c1cc(C3=CC4C(C=C3)c3ccccc3N4C3Nc4c(sc5ccccc45)C(c4ccccc4)N3)ccc1N2c1cccc(-c2ccccc2)c1. The number of allylic oxidation sites excluding steroid dienone is 4. The van der Waals surface area contributed by atoms with E-state index in [2.05, 4.69) is 222 Å². The number of anilines is 4. The van der Waals surface area contributed by atoms with Crippen LogP contribution in [0.2, 0.25) is 0 Å². The Bertz CT molecular complexity index is 2870. The third-order valence-electron chi connectivity index (χ3n) is 13.1. The van der Waals surface area contributed by atoms with Gasteiger partial charge in [0.1, 0.15) is 0 Å². The minimum absolute atomic E-state index is 0.0635. The number of nitrogens with zero attached hydrogens (tertiary/aromatic N) is 2. The first-order valence-electron chi connectivity index (χ1n) is 20.4. The number of thiophene rings is 1. The molecule has 4 heterocycles. The number of hydrogen-bond donors (Lipinski definition) is 2. The van der Waals surface area contributed by atoms with E-state index in [9.17, 15) is 0 Å². The number of benzene rings is 6. The van der Waals surface area contributed by atoms with Gasteiger partial charge in [-0.1, -0.05) is 158 Å². The number of rotatable bonds is 5. The van der Waals surface area contributed by atoms with Gasteiger partial charge in [-0.15, -0.1) is 11.3 Å². The molecule has 7 aromatic rings. The molecule has 58 heavy (non-hydrogen) atoms. The lowest BCUT2D eigenvalue weighted by molar-refractivity contribution is 0.455. The fraction of sp³-hybridized carbons (Fsp3) is 0.132. The molecule has 0 radical (unpaired) electrons. The summed E-state index contributed by atoms with van der Waals surface area (Å²) in [5, 5.41) is 9.45. The van der Waals surface area contributed by atoms with Crippen molar-refractivity contribution in [3.05, 3.63) is 221 Å². The standard InChI is InChI=1S/C53H42N4S/c1-53-30-13-12-23-44(53)43-32-37(27-29-46(43)57(53)39-20-14-19-36(31-39)34-15-4-2-5-16-34)38-26-28-41-40-21-8-10-24-45(40)56(47(41)33-38)52-54-49(35-17-6-3-7-18-35)51-50(55-52)42-22-9-11-25-48(42)58-51/h2-33,41,44,47,49,52,54-55H,1H3. The van der Waals surface area contributed by atoms with E-state index >= 15 is 0 Å². The Morgan fingerprint density at radius 2 is 1.45 bits per heavy atom. The van der Waals surface area contributed by atoms with Crippen molar-refractivity contribution in [2.75, 3.05) is 15.1 Å². The Morgan fingerprint density at radius 3 is 2.34 bits per heavy atom. The summed E-state index contributed by atoms with van der Waals surface area (Å²) in [4.78, 5) is 6.51. The highest BCUT2D eigenvalue weighted by Crippen LogP contribution is 2.55. The van der Waals surface area contributed by atoms with E-state index < -0.39 is 0 Å². The highest BCUT2D eigenvalue weighted by molar-refractivity contribution is 7.20. The van der Waals surface area contributed by atoms with Crippen LogP contribution in [0.1, 0.15) is 51.9 Å². The van der Waals surface area contributed by atoms with Gasteiger partial charge in [-0.25, -0.2) is 0 Å². The van der Waals surface area contributed by atoms with Gasteiger partial charge >= 0.3 is 0 Å². The zero-order chi connectivity index (χ0) is 38.4. The van der Waals surface area contributed by atoms with E-state index in [1.807, 2.05) is 11.3 Å². The molecule has 0 saturated carbocycles. The summed E-state index contributed by atoms with van der Waals surface area (Å²) >= 11 is 1.89. The number of hydrogen-bond acceptors (Lipinski definition) is 5. The fourth-order valence-electron chi connectivity index (χ4n) is 10.4. The van der Waals surface area contributed by atoms with Crippen LogP contribution in [0.15, 0.2) is 194 Å². The zero-order valence-corrected chi connectivity index (χ0v) is 33.0. The lowest BCUT2D eigenvalue weighted by Crippen LogP contribution is -2.57. The molecule has 5 heteroatoms. The third kappa shape index (κ3) is 5.10. The lowest BCUT2D eigenvalue weighted by Gasteiger charge is -2.42. The smallest absolute Gasteiger partial charge is 0.156 e. The Morgan fingerprint density at radius 1 is 0.655 bits per heavy atom. The van der Waals surface area contributed by atoms with Crippen molar-refractivity contribution in [2.24, 2.45) is 0 Å². The summed E-state index contributed by atoms with van der Waals surface area (Å²) in [5.74, 6) is 0.469. The van der Waals surface area contributed by atoms with E-state index in [0.29, 0.717) is 0 Å². The van der Waals surface area contributed by atoms with E-state index in [4.69, 9.17) is 0 Å². The molecule has 0 fully saturated rings. The monoisotopic (exact) mass is 766 g/mol. The summed E-state index contributed by atoms with van der Waals surface area (Å²) in [6.07, 6.45) is 16.4. The van der Waals surface area contributed by atoms with Gasteiger partial charge in [-0.3, -0.25) is 5.32 Å². The summed E-state index contributed by atoms with van der Waals surface area (Å²) in [5.41, 5.74) is 13.8. The first-order chi connectivity index (χ1) is 28.6. The van der Waals surface area contributed by atoms with Gasteiger partial charge in [0.2, 0.25) is 0 Å². The number of fused-ring (bicyclic) bond motifs is 9. The van der Waals surface area contributed by atoms with Crippen molar-refractivity contribution < 1.29 is 0 Å². The predicted molar refractivity (Wildman–Crippen MR) is 243 cm³/mol. The van der Waals surface area contributed by atoms with Gasteiger partial charge in [-0.05, 0) is 82.3 Å². The van der Waals surface area contributed by atoms with Crippen LogP contribution in [-0.4, -0.2) is 17.9 Å². The van der Waals surface area contributed by atoms with Gasteiger partial charge in [0.05, 0.1) is 28.2 Å². The first kappa shape index (κ1) is 33.7. The van der Waals surface area contributed by atoms with Crippen molar-refractivity contribution in [1.29, 1.82) is 0 Å². The molecule has 6 aromatic carbocycles. The molecule has 4 nitrogen and oxygen atoms in total. The highest BCUT2D eigenvalue weighted by atomic mass is 32.1. The van der Waals surface area contributed by atoms with Crippen LogP contribution in [0, 0.1) is 0 Å². The summed E-state index contributed by atoms with van der Waals surface area (Å²) in [6.45, 7) is 2.39. The van der Waals surface area contributed by atoms with Gasteiger partial charge in [0.25, 0.3) is 0 Å². The maximum absolute atomic E-state index is 4.11. The molecule has 12 rings (SSSR count). The second kappa shape index (κ2) is 13.1. The molecule has 280 valence electrons. The molecule has 0 amide bonds. The number of nitrogens with one attached hydrogen (secondary N) is 2. The van der Waals surface area contributed by atoms with Crippen molar-refractivity contribution in [3.63, 3.8) is 0 Å². The average molecular weight is 767 g/mol. The van der Waals surface area contributed by atoms with Gasteiger partial charge < -0.3 is 15.1 Å². The van der Waals surface area contributed by atoms with Crippen LogP contribution in [0.5, 0.6) is 0 Å². The molecule has 6 unspecified atom stereocenters. The van der Waals surface area contributed by atoms with Crippen LogP contribution in [0.3, 0.4) is 0 Å². The van der Waals surface area contributed by atoms with Crippen LogP contribution in [0.25, 0.3) is 26.8 Å². The molecule has 2 N–H and O–H groups in total. The van der Waals surface area contributed by atoms with Crippen molar-refractivity contribution >= 4 is 49.7 Å². The quantitative estimate of drug-likeness (QED) is 0.183. The van der Waals surface area contributed by atoms with E-state index in [1.165, 1.54) is 76.7 Å². The van der Waals surface area contributed by atoms with Crippen LogP contribution in [0.4, 0.5) is 22.7 Å². The summed E-state index contributed by atoms with van der Waals surface area (Å²) in [7, 11) is 0. The molecule has 0 saturated heterocycles. The highest BCUT2D eigenvalue weighted by Gasteiger charge is 2.48. The van der Waals surface area contributed by atoms with Crippen LogP contribution in [-0.2, 0) is 0 Å². The Balaban J connectivity index is 0.940. The molecule has 3 aliphatic heterocycles. The molecule has 5 aliphatic rings. The van der Waals surface area contributed by atoms with Crippen molar-refractivity contribution in [3.8, 4) is 11.1 Å². The van der Waals surface area contributed by atoms with Crippen molar-refractivity contribution in [2.45, 2.75) is 42.7 Å². The Kier molecular flexibility index (Phi) is 7.60. The van der Waals surface area contributed by atoms with Crippen molar-refractivity contribution in [1.82, 2.24) is 5.32 Å². The van der Waals surface area contributed by atoms with E-state index in [0.717, 1.165) is 0 Å². The average Bonchev–Trinajstić information content (AvgIpc) is 3.91. The summed E-state index contributed by atoms with van der Waals surface area (Å²) < 4.78 is 1.31. The molecule has 1 aromatic heterocycles. The second-order valence-corrected chi connectivity index (χ2v) is 17.4. The first-order valence-corrected chi connectivity index (χ1v) is 21.3. The molecular formula is C53H42N4S. The normalized spacial score (nSPS) is 24.8. The zero-order valence-electron chi connectivity index (χ0n) is 32.2. The maximum Gasteiger partial charge on any atom is 0.156 e. The molecule has 6 atom stereocenters. The molecular weight excluding hydrogens is 725 g/mol. The predicted octanol–water partition coefficient (Wildman–Crippen LogP) is 12.7. The van der Waals surface area contributed by atoms with Crippen LogP contribution >= 0.6 is 11.3 Å². The molecule has 0 spiro atoms. The topological polar surface area (TPSA) is 30.5 Å². The largest absolute Gasteiger partial charge is 0.351 e. The van der Waals surface area contributed by atoms with Gasteiger partial charge in [0, 0.05) is 39.0 Å². The van der Waals surface area contributed by atoms with Gasteiger partial charge in [0.15, 0.2) is 6.29 Å². The van der Waals surface area contributed by atoms with E-state index in [1.54, 1.807) is 0 Å². The van der Waals surface area contributed by atoms with E-state index in [-0.39, 0.29) is 35.7 Å². The third-order valence-corrected chi connectivity index (χ3v) is 14.3. The number of para-hydroxylation sites is 1. The maximum atomic E-state index is 4.11. The van der Waals surface area contributed by atoms with Crippen LogP contribution < -0.4 is 20.4 Å². The second-order valence-electron chi connectivity index (χ2n) is 16.3.